The molecule has 0 fully saturated rings. The molecule has 2 amide bonds. The number of likely N-dealkylation sites (N-methyl/N-ethyl adjacent to an activating group) is 1. The summed E-state index contributed by atoms with van der Waals surface area (Å²) in [5, 5.41) is 3.11. The Morgan fingerprint density at radius 1 is 1.17 bits per heavy atom. The van der Waals surface area contributed by atoms with Crippen molar-refractivity contribution in [3.63, 3.8) is 0 Å². The summed E-state index contributed by atoms with van der Waals surface area (Å²) in [5.41, 5.74) is 7.36. The Labute approximate surface area is 140 Å². The van der Waals surface area contributed by atoms with Gasteiger partial charge in [-0.25, -0.2) is 4.39 Å². The number of benzene rings is 2. The van der Waals surface area contributed by atoms with Crippen molar-refractivity contribution in [2.24, 2.45) is 5.73 Å². The van der Waals surface area contributed by atoms with Crippen LogP contribution in [0.4, 0.5) is 10.1 Å². The van der Waals surface area contributed by atoms with E-state index >= 15 is 0 Å². The van der Waals surface area contributed by atoms with Crippen molar-refractivity contribution in [2.75, 3.05) is 19.4 Å². The molecule has 3 N–H and O–H groups in total. The average Bonchev–Trinajstić information content (AvgIpc) is 2.53. The van der Waals surface area contributed by atoms with Crippen molar-refractivity contribution in [3.05, 3.63) is 65.0 Å². The zero-order valence-corrected chi connectivity index (χ0v) is 13.7. The lowest BCUT2D eigenvalue weighted by Crippen LogP contribution is -2.23. The highest BCUT2D eigenvalue weighted by molar-refractivity contribution is 5.92. The van der Waals surface area contributed by atoms with Crippen LogP contribution in [0.25, 0.3) is 0 Å². The van der Waals surface area contributed by atoms with Gasteiger partial charge in [0.15, 0.2) is 0 Å². The molecule has 6 heteroatoms. The van der Waals surface area contributed by atoms with Gasteiger partial charge in [-0.05, 0) is 29.8 Å². The number of carbonyl (C=O) groups excluding carboxylic acids is 2. The third kappa shape index (κ3) is 4.55. The minimum absolute atomic E-state index is 0.0141. The highest BCUT2D eigenvalue weighted by Crippen LogP contribution is 2.15. The third-order valence-corrected chi connectivity index (χ3v) is 3.60. The highest BCUT2D eigenvalue weighted by atomic mass is 19.1. The first-order valence-corrected chi connectivity index (χ1v) is 7.48. The van der Waals surface area contributed by atoms with Crippen LogP contribution < -0.4 is 11.1 Å². The maximum Gasteiger partial charge on any atom is 0.248 e. The minimum Gasteiger partial charge on any atom is -0.381 e. The van der Waals surface area contributed by atoms with Gasteiger partial charge in [-0.2, -0.15) is 0 Å². The number of nitrogens with zero attached hydrogens (tertiary/aromatic N) is 1. The molecule has 0 aliphatic heterocycles. The maximum absolute atomic E-state index is 14.0. The first-order valence-electron chi connectivity index (χ1n) is 7.48. The predicted molar refractivity (Wildman–Crippen MR) is 91.1 cm³/mol. The topological polar surface area (TPSA) is 75.4 Å². The molecule has 0 bridgehead atoms. The van der Waals surface area contributed by atoms with E-state index in [-0.39, 0.29) is 18.0 Å². The molecule has 2 aromatic rings. The molecule has 24 heavy (non-hydrogen) atoms. The Morgan fingerprint density at radius 2 is 1.92 bits per heavy atom. The SMILES string of the molecule is CN(C)C(=O)Cc1cccc(NCc2ccc(C(N)=O)cc2F)c1. The Bertz CT molecular complexity index is 760. The largest absolute Gasteiger partial charge is 0.381 e. The van der Waals surface area contributed by atoms with Crippen LogP contribution in [0.2, 0.25) is 0 Å². The smallest absolute Gasteiger partial charge is 0.248 e. The van der Waals surface area contributed by atoms with Crippen LogP contribution in [-0.4, -0.2) is 30.8 Å². The molecule has 0 aromatic heterocycles. The lowest BCUT2D eigenvalue weighted by atomic mass is 10.1. The van der Waals surface area contributed by atoms with Crippen LogP contribution in [0.15, 0.2) is 42.5 Å². The van der Waals surface area contributed by atoms with Crippen LogP contribution in [-0.2, 0) is 17.8 Å². The number of carbonyl (C=O) groups is 2. The number of nitrogens with one attached hydrogen (secondary N) is 1. The van der Waals surface area contributed by atoms with Gasteiger partial charge in [-0.3, -0.25) is 9.59 Å². The van der Waals surface area contributed by atoms with Crippen LogP contribution in [0.5, 0.6) is 0 Å². The summed E-state index contributed by atoms with van der Waals surface area (Å²) >= 11 is 0. The summed E-state index contributed by atoms with van der Waals surface area (Å²) in [6.45, 7) is 0.260. The van der Waals surface area contributed by atoms with Gasteiger partial charge in [0.05, 0.1) is 6.42 Å². The van der Waals surface area contributed by atoms with Crippen molar-refractivity contribution >= 4 is 17.5 Å². The van der Waals surface area contributed by atoms with Gasteiger partial charge >= 0.3 is 0 Å². The number of anilines is 1. The minimum atomic E-state index is -0.660. The summed E-state index contributed by atoms with van der Waals surface area (Å²) < 4.78 is 14.0. The number of halogens is 1. The van der Waals surface area contributed by atoms with Gasteiger partial charge in [0.1, 0.15) is 5.82 Å². The molecule has 0 saturated carbocycles. The van der Waals surface area contributed by atoms with Gasteiger partial charge < -0.3 is 16.0 Å². The lowest BCUT2D eigenvalue weighted by Gasteiger charge is -2.12. The van der Waals surface area contributed by atoms with E-state index in [1.165, 1.54) is 17.0 Å². The summed E-state index contributed by atoms with van der Waals surface area (Å²) in [5.74, 6) is -1.13. The van der Waals surface area contributed by atoms with Crippen LogP contribution in [0.3, 0.4) is 0 Å². The van der Waals surface area contributed by atoms with Crippen molar-refractivity contribution < 1.29 is 14.0 Å². The zero-order valence-electron chi connectivity index (χ0n) is 13.7. The molecule has 5 nitrogen and oxygen atoms in total. The highest BCUT2D eigenvalue weighted by Gasteiger charge is 2.08. The Balaban J connectivity index is 2.04. The molecule has 0 aliphatic rings. The van der Waals surface area contributed by atoms with E-state index < -0.39 is 11.7 Å². The van der Waals surface area contributed by atoms with E-state index in [0.717, 1.165) is 17.3 Å². The third-order valence-electron chi connectivity index (χ3n) is 3.60. The van der Waals surface area contributed by atoms with E-state index in [0.29, 0.717) is 12.0 Å². The monoisotopic (exact) mass is 329 g/mol. The summed E-state index contributed by atoms with van der Waals surface area (Å²) in [6.07, 6.45) is 0.310. The van der Waals surface area contributed by atoms with Gasteiger partial charge in [0.2, 0.25) is 11.8 Å². The molecular weight excluding hydrogens is 309 g/mol. The first kappa shape index (κ1) is 17.5. The number of primary amides is 1. The summed E-state index contributed by atoms with van der Waals surface area (Å²) in [6, 6.07) is 11.6. The van der Waals surface area contributed by atoms with E-state index in [2.05, 4.69) is 5.32 Å². The number of amides is 2. The van der Waals surface area contributed by atoms with Gasteiger partial charge in [0.25, 0.3) is 0 Å². The molecule has 0 saturated heterocycles. The summed E-state index contributed by atoms with van der Waals surface area (Å²) in [4.78, 5) is 24.3. The normalized spacial score (nSPS) is 10.3. The Morgan fingerprint density at radius 3 is 2.54 bits per heavy atom. The molecule has 0 atom stereocenters. The molecule has 0 radical (unpaired) electrons. The van der Waals surface area contributed by atoms with Gasteiger partial charge in [0, 0.05) is 37.5 Å². The Hall–Kier alpha value is -2.89. The number of hydrogen-bond donors (Lipinski definition) is 2. The molecule has 0 unspecified atom stereocenters. The van der Waals surface area contributed by atoms with E-state index in [1.54, 1.807) is 14.1 Å². The molecular formula is C18H20FN3O2. The fourth-order valence-electron chi connectivity index (χ4n) is 2.17. The second-order valence-corrected chi connectivity index (χ2v) is 5.69. The Kier molecular flexibility index (Phi) is 5.52. The first-order chi connectivity index (χ1) is 11.4. The molecule has 0 heterocycles. The second kappa shape index (κ2) is 7.59. The zero-order chi connectivity index (χ0) is 17.7. The van der Waals surface area contributed by atoms with Crippen molar-refractivity contribution in [2.45, 2.75) is 13.0 Å². The fraction of sp³-hybridized carbons (Fsp3) is 0.222. The van der Waals surface area contributed by atoms with Gasteiger partial charge in [-0.15, -0.1) is 0 Å². The lowest BCUT2D eigenvalue weighted by molar-refractivity contribution is -0.127. The molecule has 2 rings (SSSR count). The summed E-state index contributed by atoms with van der Waals surface area (Å²) in [7, 11) is 3.42. The molecule has 0 spiro atoms. The second-order valence-electron chi connectivity index (χ2n) is 5.69. The standard InChI is InChI=1S/C18H20FN3O2/c1-22(2)17(23)9-12-4-3-5-15(8-12)21-11-14-7-6-13(18(20)24)10-16(14)19/h3-8,10,21H,9,11H2,1-2H3,(H2,20,24). The van der Waals surface area contributed by atoms with Crippen molar-refractivity contribution in [1.82, 2.24) is 4.90 Å². The molecule has 0 aliphatic carbocycles. The fourth-order valence-corrected chi connectivity index (χ4v) is 2.17. The van der Waals surface area contributed by atoms with E-state index in [4.69, 9.17) is 5.73 Å². The van der Waals surface area contributed by atoms with Crippen LogP contribution in [0, 0.1) is 5.82 Å². The quantitative estimate of drug-likeness (QED) is 0.853. The number of rotatable bonds is 6. The van der Waals surface area contributed by atoms with E-state index in [1.807, 2.05) is 24.3 Å². The molecule has 2 aromatic carbocycles. The predicted octanol–water partition coefficient (Wildman–Crippen LogP) is 2.17. The van der Waals surface area contributed by atoms with Gasteiger partial charge in [-0.1, -0.05) is 18.2 Å². The van der Waals surface area contributed by atoms with E-state index in [9.17, 15) is 14.0 Å². The van der Waals surface area contributed by atoms with Crippen molar-refractivity contribution in [1.29, 1.82) is 0 Å². The maximum atomic E-state index is 14.0. The number of nitrogens with two attached hydrogens (primary N) is 1. The number of hydrogen-bond acceptors (Lipinski definition) is 3. The van der Waals surface area contributed by atoms with Crippen LogP contribution >= 0.6 is 0 Å². The van der Waals surface area contributed by atoms with Crippen molar-refractivity contribution in [3.8, 4) is 0 Å². The van der Waals surface area contributed by atoms with Crippen LogP contribution in [0.1, 0.15) is 21.5 Å². The molecule has 126 valence electrons. The average molecular weight is 329 g/mol.